The van der Waals surface area contributed by atoms with Crippen molar-refractivity contribution in [3.05, 3.63) is 93.5 Å². The molecule has 3 aromatic carbocycles. The first-order chi connectivity index (χ1) is 15.8. The average Bonchev–Trinajstić information content (AvgIpc) is 2.79. The van der Waals surface area contributed by atoms with E-state index in [-0.39, 0.29) is 11.8 Å². The SMILES string of the molecule is Cc1ccc(C(=O)Nc2ccc(N3CCN(C(=O)c4ccccc4C)CC3)c(Cl)c2)c(C)c1. The van der Waals surface area contributed by atoms with E-state index in [0.29, 0.717) is 42.5 Å². The van der Waals surface area contributed by atoms with E-state index in [2.05, 4.69) is 10.2 Å². The van der Waals surface area contributed by atoms with Gasteiger partial charge in [0.1, 0.15) is 0 Å². The number of halogens is 1. The molecule has 1 saturated heterocycles. The summed E-state index contributed by atoms with van der Waals surface area (Å²) in [5.74, 6) is -0.0806. The van der Waals surface area contributed by atoms with Crippen LogP contribution in [0.25, 0.3) is 0 Å². The Hall–Kier alpha value is -3.31. The fourth-order valence-electron chi connectivity index (χ4n) is 4.24. The second kappa shape index (κ2) is 9.67. The van der Waals surface area contributed by atoms with Gasteiger partial charge in [-0.05, 0) is 62.2 Å². The molecular formula is C27H28ClN3O2. The lowest BCUT2D eigenvalue weighted by molar-refractivity contribution is 0.0746. The van der Waals surface area contributed by atoms with Crippen molar-refractivity contribution in [2.24, 2.45) is 0 Å². The number of rotatable bonds is 4. The average molecular weight is 462 g/mol. The second-order valence-electron chi connectivity index (χ2n) is 8.53. The molecular weight excluding hydrogens is 434 g/mol. The molecule has 1 fully saturated rings. The first-order valence-electron chi connectivity index (χ1n) is 11.1. The summed E-state index contributed by atoms with van der Waals surface area (Å²) in [6.07, 6.45) is 0. The van der Waals surface area contributed by atoms with Crippen LogP contribution in [0.5, 0.6) is 0 Å². The zero-order chi connectivity index (χ0) is 23.5. The standard InChI is InChI=1S/C27H28ClN3O2/c1-18-8-10-22(20(3)16-18)26(32)29-21-9-11-25(24(28)17-21)30-12-14-31(15-13-30)27(33)23-7-5-4-6-19(23)2/h4-11,16-17H,12-15H2,1-3H3,(H,29,32). The first-order valence-corrected chi connectivity index (χ1v) is 11.5. The fourth-order valence-corrected chi connectivity index (χ4v) is 4.54. The molecule has 0 atom stereocenters. The third kappa shape index (κ3) is 5.04. The molecule has 0 bridgehead atoms. The van der Waals surface area contributed by atoms with Crippen molar-refractivity contribution in [2.45, 2.75) is 20.8 Å². The molecule has 3 aromatic rings. The lowest BCUT2D eigenvalue weighted by Crippen LogP contribution is -2.49. The van der Waals surface area contributed by atoms with Crippen molar-refractivity contribution in [2.75, 3.05) is 36.4 Å². The number of hydrogen-bond acceptors (Lipinski definition) is 3. The van der Waals surface area contributed by atoms with Gasteiger partial charge < -0.3 is 15.1 Å². The number of carbonyl (C=O) groups excluding carboxylic acids is 2. The molecule has 0 aliphatic carbocycles. The normalized spacial score (nSPS) is 13.7. The van der Waals surface area contributed by atoms with E-state index in [1.165, 1.54) is 0 Å². The molecule has 1 aliphatic heterocycles. The van der Waals surface area contributed by atoms with Crippen LogP contribution >= 0.6 is 11.6 Å². The minimum absolute atomic E-state index is 0.0725. The number of hydrogen-bond donors (Lipinski definition) is 1. The van der Waals surface area contributed by atoms with Crippen LogP contribution in [0.4, 0.5) is 11.4 Å². The zero-order valence-corrected chi connectivity index (χ0v) is 19.9. The summed E-state index contributed by atoms with van der Waals surface area (Å²) in [6.45, 7) is 8.57. The molecule has 0 spiro atoms. The van der Waals surface area contributed by atoms with E-state index in [1.54, 1.807) is 6.07 Å². The van der Waals surface area contributed by atoms with Gasteiger partial charge in [-0.25, -0.2) is 0 Å². The van der Waals surface area contributed by atoms with Crippen molar-refractivity contribution in [3.8, 4) is 0 Å². The van der Waals surface area contributed by atoms with Gasteiger partial charge in [-0.3, -0.25) is 9.59 Å². The van der Waals surface area contributed by atoms with Crippen molar-refractivity contribution >= 4 is 34.8 Å². The van der Waals surface area contributed by atoms with Gasteiger partial charge in [0.05, 0.1) is 10.7 Å². The number of carbonyl (C=O) groups is 2. The number of benzene rings is 3. The molecule has 4 rings (SSSR count). The summed E-state index contributed by atoms with van der Waals surface area (Å²) < 4.78 is 0. The summed E-state index contributed by atoms with van der Waals surface area (Å²) in [5, 5.41) is 3.52. The lowest BCUT2D eigenvalue weighted by atomic mass is 10.1. The largest absolute Gasteiger partial charge is 0.367 e. The van der Waals surface area contributed by atoms with Gasteiger partial charge >= 0.3 is 0 Å². The highest BCUT2D eigenvalue weighted by Crippen LogP contribution is 2.30. The predicted octanol–water partition coefficient (Wildman–Crippen LogP) is 5.48. The van der Waals surface area contributed by atoms with E-state index >= 15 is 0 Å². The summed E-state index contributed by atoms with van der Waals surface area (Å²) in [4.78, 5) is 29.6. The van der Waals surface area contributed by atoms with E-state index in [4.69, 9.17) is 11.6 Å². The Balaban J connectivity index is 1.40. The van der Waals surface area contributed by atoms with Gasteiger partial charge in [0.2, 0.25) is 0 Å². The maximum Gasteiger partial charge on any atom is 0.255 e. The van der Waals surface area contributed by atoms with E-state index < -0.39 is 0 Å². The highest BCUT2D eigenvalue weighted by molar-refractivity contribution is 6.33. The number of piperazine rings is 1. The molecule has 0 unspecified atom stereocenters. The Bertz CT molecular complexity index is 1200. The Morgan fingerprint density at radius 2 is 1.55 bits per heavy atom. The monoisotopic (exact) mass is 461 g/mol. The topological polar surface area (TPSA) is 52.7 Å². The van der Waals surface area contributed by atoms with Crippen LogP contribution in [0.2, 0.25) is 5.02 Å². The van der Waals surface area contributed by atoms with Crippen molar-refractivity contribution in [3.63, 3.8) is 0 Å². The van der Waals surface area contributed by atoms with Gasteiger partial charge in [0, 0.05) is 43.0 Å². The quantitative estimate of drug-likeness (QED) is 0.559. The number of anilines is 2. The third-order valence-corrected chi connectivity index (χ3v) is 6.42. The molecule has 2 amide bonds. The molecule has 0 saturated carbocycles. The Kier molecular flexibility index (Phi) is 6.70. The van der Waals surface area contributed by atoms with Gasteiger partial charge in [0.15, 0.2) is 0 Å². The van der Waals surface area contributed by atoms with Crippen molar-refractivity contribution < 1.29 is 9.59 Å². The van der Waals surface area contributed by atoms with Crippen LogP contribution in [0.1, 0.15) is 37.4 Å². The molecule has 170 valence electrons. The Morgan fingerprint density at radius 1 is 0.818 bits per heavy atom. The van der Waals surface area contributed by atoms with E-state index in [9.17, 15) is 9.59 Å². The van der Waals surface area contributed by atoms with E-state index in [1.807, 2.05) is 80.3 Å². The minimum atomic E-state index is -0.153. The van der Waals surface area contributed by atoms with Crippen LogP contribution in [-0.2, 0) is 0 Å². The molecule has 1 N–H and O–H groups in total. The Morgan fingerprint density at radius 3 is 2.21 bits per heavy atom. The first kappa shape index (κ1) is 22.9. The predicted molar refractivity (Wildman–Crippen MR) is 135 cm³/mol. The number of amides is 2. The van der Waals surface area contributed by atoms with Gasteiger partial charge in [-0.2, -0.15) is 0 Å². The summed E-state index contributed by atoms with van der Waals surface area (Å²) in [7, 11) is 0. The fraction of sp³-hybridized carbons (Fsp3) is 0.259. The summed E-state index contributed by atoms with van der Waals surface area (Å²) >= 11 is 6.59. The lowest BCUT2D eigenvalue weighted by Gasteiger charge is -2.36. The molecule has 0 aromatic heterocycles. The highest BCUT2D eigenvalue weighted by atomic mass is 35.5. The second-order valence-corrected chi connectivity index (χ2v) is 8.94. The van der Waals surface area contributed by atoms with Gasteiger partial charge in [-0.1, -0.05) is 47.5 Å². The van der Waals surface area contributed by atoms with Crippen LogP contribution in [0.3, 0.4) is 0 Å². The highest BCUT2D eigenvalue weighted by Gasteiger charge is 2.24. The number of aryl methyl sites for hydroxylation is 3. The van der Waals surface area contributed by atoms with Crippen molar-refractivity contribution in [1.29, 1.82) is 0 Å². The smallest absolute Gasteiger partial charge is 0.255 e. The number of nitrogens with zero attached hydrogens (tertiary/aromatic N) is 2. The molecule has 6 heteroatoms. The van der Waals surface area contributed by atoms with Gasteiger partial charge in [0.25, 0.3) is 11.8 Å². The van der Waals surface area contributed by atoms with Crippen LogP contribution in [0.15, 0.2) is 60.7 Å². The zero-order valence-electron chi connectivity index (χ0n) is 19.2. The summed E-state index contributed by atoms with van der Waals surface area (Å²) in [6, 6.07) is 19.0. The molecule has 0 radical (unpaired) electrons. The maximum atomic E-state index is 12.9. The maximum absolute atomic E-state index is 12.9. The molecule has 1 aliphatic rings. The van der Waals surface area contributed by atoms with Crippen LogP contribution in [0, 0.1) is 20.8 Å². The third-order valence-electron chi connectivity index (χ3n) is 6.12. The van der Waals surface area contributed by atoms with Crippen LogP contribution in [-0.4, -0.2) is 42.9 Å². The van der Waals surface area contributed by atoms with Crippen molar-refractivity contribution in [1.82, 2.24) is 4.90 Å². The Labute approximate surface area is 200 Å². The van der Waals surface area contributed by atoms with Gasteiger partial charge in [-0.15, -0.1) is 0 Å². The summed E-state index contributed by atoms with van der Waals surface area (Å²) in [5.41, 5.74) is 6.02. The molecule has 5 nitrogen and oxygen atoms in total. The van der Waals surface area contributed by atoms with Crippen LogP contribution < -0.4 is 10.2 Å². The van der Waals surface area contributed by atoms with E-state index in [0.717, 1.165) is 27.9 Å². The minimum Gasteiger partial charge on any atom is -0.367 e. The molecule has 33 heavy (non-hydrogen) atoms. The number of nitrogens with one attached hydrogen (secondary N) is 1. The molecule has 1 heterocycles.